The lowest BCUT2D eigenvalue weighted by Gasteiger charge is -2.24. The molecule has 0 aromatic heterocycles. The summed E-state index contributed by atoms with van der Waals surface area (Å²) >= 11 is 0. The zero-order chi connectivity index (χ0) is 22.4. The third kappa shape index (κ3) is 5.40. The highest BCUT2D eigenvalue weighted by Crippen LogP contribution is 2.26. The van der Waals surface area contributed by atoms with Gasteiger partial charge in [-0.3, -0.25) is 9.10 Å². The molecule has 0 atom stereocenters. The van der Waals surface area contributed by atoms with Crippen molar-refractivity contribution in [2.45, 2.75) is 18.4 Å². The molecule has 0 saturated carbocycles. The Morgan fingerprint density at radius 3 is 2.26 bits per heavy atom. The number of para-hydroxylation sites is 1. The van der Waals surface area contributed by atoms with Gasteiger partial charge in [0.25, 0.3) is 10.0 Å². The van der Waals surface area contributed by atoms with Gasteiger partial charge in [0.15, 0.2) is 0 Å². The maximum Gasteiger partial charge on any atom is 0.264 e. The zero-order valence-corrected chi connectivity index (χ0v) is 18.0. The first kappa shape index (κ1) is 22.3. The number of nitrogens with zero attached hydrogens (tertiary/aromatic N) is 1. The van der Waals surface area contributed by atoms with Crippen LogP contribution in [0, 0.1) is 12.7 Å². The highest BCUT2D eigenvalue weighted by atomic mass is 32.2. The van der Waals surface area contributed by atoms with Crippen molar-refractivity contribution in [1.82, 2.24) is 5.32 Å². The number of ether oxygens (including phenoxy) is 1. The summed E-state index contributed by atoms with van der Waals surface area (Å²) in [4.78, 5) is 12.6. The minimum Gasteiger partial charge on any atom is -0.497 e. The average molecular weight is 443 g/mol. The van der Waals surface area contributed by atoms with Crippen molar-refractivity contribution in [2.75, 3.05) is 18.0 Å². The number of amides is 1. The fourth-order valence-corrected chi connectivity index (χ4v) is 4.35. The van der Waals surface area contributed by atoms with Crippen LogP contribution in [-0.4, -0.2) is 28.0 Å². The van der Waals surface area contributed by atoms with E-state index in [1.165, 1.54) is 30.3 Å². The fraction of sp³-hybridized carbons (Fsp3) is 0.174. The molecule has 6 nitrogen and oxygen atoms in total. The van der Waals surface area contributed by atoms with E-state index >= 15 is 0 Å². The Hall–Kier alpha value is -3.39. The quantitative estimate of drug-likeness (QED) is 0.578. The summed E-state index contributed by atoms with van der Waals surface area (Å²) in [5, 5.41) is 2.68. The van der Waals surface area contributed by atoms with Crippen molar-refractivity contribution in [3.8, 4) is 5.75 Å². The lowest BCUT2D eigenvalue weighted by Crippen LogP contribution is -2.41. The van der Waals surface area contributed by atoms with Gasteiger partial charge in [-0.15, -0.1) is 0 Å². The Labute approximate surface area is 181 Å². The van der Waals surface area contributed by atoms with Crippen molar-refractivity contribution in [1.29, 1.82) is 0 Å². The van der Waals surface area contributed by atoms with Gasteiger partial charge in [0, 0.05) is 6.54 Å². The predicted molar refractivity (Wildman–Crippen MR) is 117 cm³/mol. The van der Waals surface area contributed by atoms with E-state index in [9.17, 15) is 17.6 Å². The van der Waals surface area contributed by atoms with E-state index < -0.39 is 28.3 Å². The highest BCUT2D eigenvalue weighted by molar-refractivity contribution is 7.92. The molecular weight excluding hydrogens is 419 g/mol. The number of aryl methyl sites for hydroxylation is 1. The van der Waals surface area contributed by atoms with Gasteiger partial charge >= 0.3 is 0 Å². The van der Waals surface area contributed by atoms with Crippen LogP contribution in [0.5, 0.6) is 5.75 Å². The second-order valence-electron chi connectivity index (χ2n) is 6.90. The molecule has 0 radical (unpaired) electrons. The summed E-state index contributed by atoms with van der Waals surface area (Å²) in [6.07, 6.45) is 0. The zero-order valence-electron chi connectivity index (χ0n) is 17.2. The normalized spacial score (nSPS) is 11.1. The minimum absolute atomic E-state index is 0.0238. The molecule has 31 heavy (non-hydrogen) atoms. The average Bonchev–Trinajstić information content (AvgIpc) is 2.77. The molecule has 162 valence electrons. The SMILES string of the molecule is COc1ccc(CNC(=O)CN(c2ccccc2F)S(=O)(=O)c2ccc(C)cc2)cc1. The van der Waals surface area contributed by atoms with Crippen LogP contribution in [0.15, 0.2) is 77.7 Å². The predicted octanol–water partition coefficient (Wildman–Crippen LogP) is 3.65. The monoisotopic (exact) mass is 442 g/mol. The number of anilines is 1. The molecule has 0 heterocycles. The van der Waals surface area contributed by atoms with Gasteiger partial charge in [0.1, 0.15) is 18.1 Å². The summed E-state index contributed by atoms with van der Waals surface area (Å²) in [6.45, 7) is 1.46. The Morgan fingerprint density at radius 2 is 1.65 bits per heavy atom. The lowest BCUT2D eigenvalue weighted by atomic mass is 10.2. The number of hydrogen-bond acceptors (Lipinski definition) is 4. The molecule has 3 aromatic rings. The van der Waals surface area contributed by atoms with Gasteiger partial charge in [0.05, 0.1) is 17.7 Å². The summed E-state index contributed by atoms with van der Waals surface area (Å²) in [7, 11) is -2.61. The van der Waals surface area contributed by atoms with Gasteiger partial charge < -0.3 is 10.1 Å². The number of benzene rings is 3. The van der Waals surface area contributed by atoms with Crippen LogP contribution in [0.1, 0.15) is 11.1 Å². The molecule has 1 amide bonds. The summed E-state index contributed by atoms with van der Waals surface area (Å²) in [6, 6.07) is 18.7. The summed E-state index contributed by atoms with van der Waals surface area (Å²) in [5.74, 6) is -0.610. The number of methoxy groups -OCH3 is 1. The van der Waals surface area contributed by atoms with E-state index in [1.54, 1.807) is 43.5 Å². The lowest BCUT2D eigenvalue weighted by molar-refractivity contribution is -0.119. The number of carbonyl (C=O) groups is 1. The molecule has 0 spiro atoms. The molecule has 0 aliphatic carbocycles. The van der Waals surface area contributed by atoms with Crippen molar-refractivity contribution in [2.24, 2.45) is 0 Å². The van der Waals surface area contributed by atoms with Crippen LogP contribution in [0.3, 0.4) is 0 Å². The molecule has 0 aliphatic heterocycles. The number of sulfonamides is 1. The van der Waals surface area contributed by atoms with E-state index in [0.717, 1.165) is 21.5 Å². The maximum atomic E-state index is 14.5. The van der Waals surface area contributed by atoms with Crippen molar-refractivity contribution in [3.63, 3.8) is 0 Å². The summed E-state index contributed by atoms with van der Waals surface area (Å²) < 4.78 is 46.8. The number of rotatable bonds is 8. The Morgan fingerprint density at radius 1 is 1.00 bits per heavy atom. The van der Waals surface area contributed by atoms with E-state index in [1.807, 2.05) is 6.92 Å². The topological polar surface area (TPSA) is 75.7 Å². The standard InChI is InChI=1S/C23H23FN2O4S/c1-17-7-13-20(14-8-17)31(28,29)26(22-6-4-3-5-21(22)24)16-23(27)25-15-18-9-11-19(30-2)12-10-18/h3-14H,15-16H2,1-2H3,(H,25,27). The first-order valence-electron chi connectivity index (χ1n) is 9.55. The van der Waals surface area contributed by atoms with E-state index in [4.69, 9.17) is 4.74 Å². The van der Waals surface area contributed by atoms with Gasteiger partial charge in [-0.1, -0.05) is 42.0 Å². The fourth-order valence-electron chi connectivity index (χ4n) is 2.92. The van der Waals surface area contributed by atoms with Crippen molar-refractivity contribution >= 4 is 21.6 Å². The van der Waals surface area contributed by atoms with E-state index in [0.29, 0.717) is 5.75 Å². The van der Waals surface area contributed by atoms with Crippen LogP contribution in [0.4, 0.5) is 10.1 Å². The number of nitrogens with one attached hydrogen (secondary N) is 1. The molecule has 0 unspecified atom stereocenters. The Balaban J connectivity index is 1.83. The first-order valence-corrected chi connectivity index (χ1v) is 11.0. The highest BCUT2D eigenvalue weighted by Gasteiger charge is 2.29. The molecule has 8 heteroatoms. The first-order chi connectivity index (χ1) is 14.8. The Kier molecular flexibility index (Phi) is 6.91. The van der Waals surface area contributed by atoms with Gasteiger partial charge in [-0.25, -0.2) is 12.8 Å². The third-order valence-corrected chi connectivity index (χ3v) is 6.44. The second-order valence-corrected chi connectivity index (χ2v) is 8.76. The van der Waals surface area contributed by atoms with Gasteiger partial charge in [-0.05, 0) is 48.9 Å². The molecular formula is C23H23FN2O4S. The van der Waals surface area contributed by atoms with Crippen molar-refractivity contribution in [3.05, 3.63) is 89.7 Å². The van der Waals surface area contributed by atoms with E-state index in [2.05, 4.69) is 5.32 Å². The maximum absolute atomic E-state index is 14.5. The number of halogens is 1. The van der Waals surface area contributed by atoms with Crippen LogP contribution >= 0.6 is 0 Å². The molecule has 3 rings (SSSR count). The van der Waals surface area contributed by atoms with Gasteiger partial charge in [0.2, 0.25) is 5.91 Å². The van der Waals surface area contributed by atoms with Crippen LogP contribution in [-0.2, 0) is 21.4 Å². The molecule has 0 fully saturated rings. The molecule has 3 aromatic carbocycles. The molecule has 0 bridgehead atoms. The van der Waals surface area contributed by atoms with Gasteiger partial charge in [-0.2, -0.15) is 0 Å². The summed E-state index contributed by atoms with van der Waals surface area (Å²) in [5.41, 5.74) is 1.50. The largest absolute Gasteiger partial charge is 0.497 e. The third-order valence-electron chi connectivity index (χ3n) is 4.67. The van der Waals surface area contributed by atoms with Crippen LogP contribution in [0.2, 0.25) is 0 Å². The molecule has 0 aliphatic rings. The van der Waals surface area contributed by atoms with Crippen LogP contribution in [0.25, 0.3) is 0 Å². The second kappa shape index (κ2) is 9.61. The van der Waals surface area contributed by atoms with Crippen molar-refractivity contribution < 1.29 is 22.3 Å². The Bertz CT molecular complexity index is 1150. The number of carbonyl (C=O) groups excluding carboxylic acids is 1. The molecule has 0 saturated heterocycles. The number of hydrogen-bond donors (Lipinski definition) is 1. The minimum atomic E-state index is -4.16. The smallest absolute Gasteiger partial charge is 0.264 e. The van der Waals surface area contributed by atoms with Crippen LogP contribution < -0.4 is 14.4 Å². The van der Waals surface area contributed by atoms with E-state index in [-0.39, 0.29) is 17.1 Å². The molecule has 1 N–H and O–H groups in total.